The molecule has 4 rings (SSSR count). The van der Waals surface area contributed by atoms with Gasteiger partial charge in [-0.3, -0.25) is 9.69 Å². The van der Waals surface area contributed by atoms with Gasteiger partial charge in [0.1, 0.15) is 24.0 Å². The van der Waals surface area contributed by atoms with Crippen LogP contribution >= 0.6 is 0 Å². The van der Waals surface area contributed by atoms with Crippen molar-refractivity contribution in [1.29, 1.82) is 0 Å². The number of β-amino-alcohol motifs (C(OH)–C–C–N with tert-alkyl or cyclic N) is 1. The van der Waals surface area contributed by atoms with Crippen molar-refractivity contribution in [3.8, 4) is 5.75 Å². The average Bonchev–Trinajstić information content (AvgIpc) is 3.01. The number of carbonyl (C=O) groups is 2. The van der Waals surface area contributed by atoms with Crippen LogP contribution in [0.15, 0.2) is 66.7 Å². The van der Waals surface area contributed by atoms with Gasteiger partial charge in [0, 0.05) is 0 Å². The number of ether oxygens (including phenoxy) is 1. The van der Waals surface area contributed by atoms with Crippen LogP contribution in [-0.2, 0) is 15.7 Å². The van der Waals surface area contributed by atoms with Crippen molar-refractivity contribution in [2.24, 2.45) is 0 Å². The lowest BCUT2D eigenvalue weighted by Crippen LogP contribution is -2.42. The molecule has 6 heteroatoms. The van der Waals surface area contributed by atoms with Crippen molar-refractivity contribution in [2.75, 3.05) is 13.2 Å². The number of hydrogen-bond donors (Lipinski definition) is 2. The molecule has 2 N–H and O–H groups in total. The largest absolute Gasteiger partial charge is 0.491 e. The van der Waals surface area contributed by atoms with E-state index in [0.717, 1.165) is 15.7 Å². The summed E-state index contributed by atoms with van der Waals surface area (Å²) in [5.74, 6) is 0.233. The van der Waals surface area contributed by atoms with Gasteiger partial charge in [-0.05, 0) is 52.4 Å². The summed E-state index contributed by atoms with van der Waals surface area (Å²) in [6.45, 7) is 7.92. The zero-order valence-corrected chi connectivity index (χ0v) is 19.5. The fourth-order valence-corrected chi connectivity index (χ4v) is 4.07. The molecule has 0 saturated carbocycles. The topological polar surface area (TPSA) is 78.9 Å². The number of fused-ring (bicyclic) bond motifs is 1. The zero-order valence-electron chi connectivity index (χ0n) is 19.5. The molecule has 172 valence electrons. The standard InChI is InChI=1S/C27H30N2O4/c1-26(2,3)20-11-13-23(14-12-20)33-17-22(30)16-29-24(31)27(4,28-25(29)32)21-10-9-18-7-5-6-8-19(18)15-21/h5-15,22,30H,16-17H2,1-4H3,(H,28,32). The number of rotatable bonds is 6. The summed E-state index contributed by atoms with van der Waals surface area (Å²) in [5, 5.41) is 15.3. The van der Waals surface area contributed by atoms with Crippen molar-refractivity contribution in [2.45, 2.75) is 44.8 Å². The highest BCUT2D eigenvalue weighted by molar-refractivity contribution is 6.07. The Hall–Kier alpha value is -3.38. The first-order chi connectivity index (χ1) is 15.6. The first kappa shape index (κ1) is 22.8. The SMILES string of the molecule is CC(C)(C)c1ccc(OCC(O)CN2C(=O)NC(C)(c3ccc4ccccc4c3)C2=O)cc1. The first-order valence-corrected chi connectivity index (χ1v) is 11.1. The van der Waals surface area contributed by atoms with Gasteiger partial charge < -0.3 is 15.2 Å². The van der Waals surface area contributed by atoms with Crippen LogP contribution in [0.2, 0.25) is 0 Å². The number of benzene rings is 3. The lowest BCUT2D eigenvalue weighted by molar-refractivity contribution is -0.132. The van der Waals surface area contributed by atoms with Crippen molar-refractivity contribution < 1.29 is 19.4 Å². The van der Waals surface area contributed by atoms with E-state index >= 15 is 0 Å². The van der Waals surface area contributed by atoms with Gasteiger partial charge in [0.15, 0.2) is 0 Å². The molecule has 1 saturated heterocycles. The Morgan fingerprint density at radius 1 is 1.00 bits per heavy atom. The third-order valence-electron chi connectivity index (χ3n) is 6.16. The van der Waals surface area contributed by atoms with Crippen LogP contribution in [-0.4, -0.2) is 41.2 Å². The first-order valence-electron chi connectivity index (χ1n) is 11.1. The third-order valence-corrected chi connectivity index (χ3v) is 6.16. The van der Waals surface area contributed by atoms with E-state index in [9.17, 15) is 14.7 Å². The van der Waals surface area contributed by atoms with E-state index in [4.69, 9.17) is 4.74 Å². The molecule has 0 bridgehead atoms. The summed E-state index contributed by atoms with van der Waals surface area (Å²) in [5.41, 5.74) is 0.735. The summed E-state index contributed by atoms with van der Waals surface area (Å²) in [6.07, 6.45) is -1.01. The van der Waals surface area contributed by atoms with Crippen LogP contribution in [0.25, 0.3) is 10.8 Å². The molecular weight excluding hydrogens is 416 g/mol. The molecule has 1 aliphatic rings. The van der Waals surface area contributed by atoms with Gasteiger partial charge in [-0.25, -0.2) is 4.79 Å². The number of aliphatic hydroxyl groups is 1. The number of nitrogens with zero attached hydrogens (tertiary/aromatic N) is 1. The maximum atomic E-state index is 13.2. The molecule has 2 unspecified atom stereocenters. The fraction of sp³-hybridized carbons (Fsp3) is 0.333. The van der Waals surface area contributed by atoms with E-state index < -0.39 is 23.6 Å². The van der Waals surface area contributed by atoms with Crippen molar-refractivity contribution in [3.63, 3.8) is 0 Å². The molecule has 0 aromatic heterocycles. The molecular formula is C27H30N2O4. The fourth-order valence-electron chi connectivity index (χ4n) is 4.07. The highest BCUT2D eigenvalue weighted by Crippen LogP contribution is 2.31. The van der Waals surface area contributed by atoms with Gasteiger partial charge in [0.2, 0.25) is 0 Å². The quantitative estimate of drug-likeness (QED) is 0.552. The summed E-state index contributed by atoms with van der Waals surface area (Å²) >= 11 is 0. The second kappa shape index (κ2) is 8.52. The van der Waals surface area contributed by atoms with Crippen molar-refractivity contribution in [3.05, 3.63) is 77.9 Å². The highest BCUT2D eigenvalue weighted by Gasteiger charge is 2.49. The number of nitrogens with one attached hydrogen (secondary N) is 1. The van der Waals surface area contributed by atoms with Crippen LogP contribution < -0.4 is 10.1 Å². The lowest BCUT2D eigenvalue weighted by atomic mass is 9.87. The van der Waals surface area contributed by atoms with E-state index in [1.54, 1.807) is 6.92 Å². The van der Waals surface area contributed by atoms with E-state index in [1.165, 1.54) is 5.56 Å². The molecule has 1 heterocycles. The van der Waals surface area contributed by atoms with Gasteiger partial charge >= 0.3 is 6.03 Å². The summed E-state index contributed by atoms with van der Waals surface area (Å²) in [6, 6.07) is 20.7. The van der Waals surface area contributed by atoms with Crippen LogP contribution in [0, 0.1) is 0 Å². The Morgan fingerprint density at radius 2 is 1.67 bits per heavy atom. The number of amides is 3. The molecule has 3 aromatic carbocycles. The van der Waals surface area contributed by atoms with Crippen LogP contribution in [0.1, 0.15) is 38.8 Å². The summed E-state index contributed by atoms with van der Waals surface area (Å²) < 4.78 is 5.68. The van der Waals surface area contributed by atoms with Crippen LogP contribution in [0.4, 0.5) is 4.79 Å². The van der Waals surface area contributed by atoms with Gasteiger partial charge in [-0.2, -0.15) is 0 Å². The smallest absolute Gasteiger partial charge is 0.325 e. The van der Waals surface area contributed by atoms with Gasteiger partial charge in [0.05, 0.1) is 6.54 Å². The lowest BCUT2D eigenvalue weighted by Gasteiger charge is -2.23. The number of urea groups is 1. The predicted octanol–water partition coefficient (Wildman–Crippen LogP) is 4.34. The monoisotopic (exact) mass is 446 g/mol. The minimum atomic E-state index is -1.19. The molecule has 0 aliphatic carbocycles. The predicted molar refractivity (Wildman–Crippen MR) is 128 cm³/mol. The molecule has 3 amide bonds. The van der Waals surface area contributed by atoms with Crippen LogP contribution in [0.3, 0.4) is 0 Å². The average molecular weight is 447 g/mol. The Bertz CT molecular complexity index is 1180. The number of aliphatic hydroxyl groups excluding tert-OH is 1. The Balaban J connectivity index is 1.42. The normalized spacial score (nSPS) is 19.6. The maximum Gasteiger partial charge on any atom is 0.325 e. The molecule has 1 aliphatic heterocycles. The van der Waals surface area contributed by atoms with Gasteiger partial charge in [-0.15, -0.1) is 0 Å². The second-order valence-electron chi connectivity index (χ2n) is 9.77. The molecule has 6 nitrogen and oxygen atoms in total. The van der Waals surface area contributed by atoms with Crippen molar-refractivity contribution >= 4 is 22.7 Å². The second-order valence-corrected chi connectivity index (χ2v) is 9.77. The Kier molecular flexibility index (Phi) is 5.89. The van der Waals surface area contributed by atoms with E-state index in [0.29, 0.717) is 11.3 Å². The number of hydrogen-bond acceptors (Lipinski definition) is 4. The molecule has 0 spiro atoms. The van der Waals surface area contributed by atoms with E-state index in [-0.39, 0.29) is 18.6 Å². The number of imide groups is 1. The molecule has 33 heavy (non-hydrogen) atoms. The molecule has 2 atom stereocenters. The summed E-state index contributed by atoms with van der Waals surface area (Å²) in [7, 11) is 0. The van der Waals surface area contributed by atoms with E-state index in [1.807, 2.05) is 66.7 Å². The maximum absolute atomic E-state index is 13.2. The van der Waals surface area contributed by atoms with Gasteiger partial charge in [-0.1, -0.05) is 69.3 Å². The molecule has 0 radical (unpaired) electrons. The Labute approximate surface area is 194 Å². The zero-order chi connectivity index (χ0) is 23.8. The van der Waals surface area contributed by atoms with Crippen molar-refractivity contribution in [1.82, 2.24) is 10.2 Å². The summed E-state index contributed by atoms with van der Waals surface area (Å²) in [4.78, 5) is 26.9. The minimum Gasteiger partial charge on any atom is -0.491 e. The van der Waals surface area contributed by atoms with E-state index in [2.05, 4.69) is 26.1 Å². The van der Waals surface area contributed by atoms with Crippen LogP contribution in [0.5, 0.6) is 5.75 Å². The number of carbonyl (C=O) groups excluding carboxylic acids is 2. The molecule has 3 aromatic rings. The van der Waals surface area contributed by atoms with Gasteiger partial charge in [0.25, 0.3) is 5.91 Å². The molecule has 1 fully saturated rings. The Morgan fingerprint density at radius 3 is 2.33 bits per heavy atom. The minimum absolute atomic E-state index is 0.0292. The third kappa shape index (κ3) is 4.57. The highest BCUT2D eigenvalue weighted by atomic mass is 16.5.